The van der Waals surface area contributed by atoms with Gasteiger partial charge >= 0.3 is 0 Å². The number of nitrogens with one attached hydrogen (secondary N) is 1. The van der Waals surface area contributed by atoms with Crippen molar-refractivity contribution >= 4 is 17.7 Å². The van der Waals surface area contributed by atoms with Crippen molar-refractivity contribution in [3.05, 3.63) is 53.9 Å². The zero-order valence-electron chi connectivity index (χ0n) is 16.6. The maximum atomic E-state index is 12.2. The molecule has 7 heteroatoms. The summed E-state index contributed by atoms with van der Waals surface area (Å²) in [7, 11) is 0. The second-order valence-corrected chi connectivity index (χ2v) is 7.78. The van der Waals surface area contributed by atoms with E-state index in [9.17, 15) is 4.79 Å². The van der Waals surface area contributed by atoms with Crippen LogP contribution in [-0.2, 0) is 4.79 Å². The number of nitrogens with zero attached hydrogens (tertiary/aromatic N) is 4. The standard InChI is InChI=1S/C21H25N5OS/c1-5-16(4)23-19(27)13-28-21-25-24-20(17-7-6-10-22-12-17)26(21)18-9-8-14(2)11-15(18)3/h6-12,16H,5,13H2,1-4H3,(H,23,27)/t16-/m1/s1. The Morgan fingerprint density at radius 1 is 1.25 bits per heavy atom. The van der Waals surface area contributed by atoms with E-state index in [-0.39, 0.29) is 11.9 Å². The lowest BCUT2D eigenvalue weighted by Gasteiger charge is -2.14. The monoisotopic (exact) mass is 395 g/mol. The fourth-order valence-electron chi connectivity index (χ4n) is 2.87. The third-order valence-corrected chi connectivity index (χ3v) is 5.43. The molecule has 0 aliphatic carbocycles. The van der Waals surface area contributed by atoms with E-state index in [1.54, 1.807) is 12.4 Å². The summed E-state index contributed by atoms with van der Waals surface area (Å²) in [6, 6.07) is 10.3. The van der Waals surface area contributed by atoms with E-state index in [0.29, 0.717) is 16.7 Å². The SMILES string of the molecule is CC[C@@H](C)NC(=O)CSc1nnc(-c2cccnc2)n1-c1ccc(C)cc1C. The predicted molar refractivity (Wildman–Crippen MR) is 113 cm³/mol. The quantitative estimate of drug-likeness (QED) is 0.613. The molecule has 0 fully saturated rings. The minimum atomic E-state index is -0.00236. The van der Waals surface area contributed by atoms with Crippen LogP contribution >= 0.6 is 11.8 Å². The smallest absolute Gasteiger partial charge is 0.230 e. The molecule has 2 heterocycles. The van der Waals surface area contributed by atoms with Crippen LogP contribution in [0.2, 0.25) is 0 Å². The number of rotatable bonds is 7. The Labute approximate surface area is 169 Å². The van der Waals surface area contributed by atoms with Crippen molar-refractivity contribution in [1.29, 1.82) is 0 Å². The Morgan fingerprint density at radius 2 is 2.07 bits per heavy atom. The zero-order valence-corrected chi connectivity index (χ0v) is 17.5. The van der Waals surface area contributed by atoms with E-state index in [1.807, 2.05) is 23.6 Å². The van der Waals surface area contributed by atoms with Gasteiger partial charge in [-0.05, 0) is 51.0 Å². The van der Waals surface area contributed by atoms with Gasteiger partial charge in [-0.3, -0.25) is 14.3 Å². The van der Waals surface area contributed by atoms with Crippen LogP contribution < -0.4 is 5.32 Å². The minimum absolute atomic E-state index is 0.00236. The fraction of sp³-hybridized carbons (Fsp3) is 0.333. The summed E-state index contributed by atoms with van der Waals surface area (Å²) >= 11 is 1.39. The van der Waals surface area contributed by atoms with Gasteiger partial charge in [0.1, 0.15) is 0 Å². The Kier molecular flexibility index (Phi) is 6.46. The first-order valence-electron chi connectivity index (χ1n) is 9.35. The first-order chi connectivity index (χ1) is 13.5. The molecule has 3 rings (SSSR count). The first-order valence-corrected chi connectivity index (χ1v) is 10.3. The summed E-state index contributed by atoms with van der Waals surface area (Å²) in [5.41, 5.74) is 4.19. The van der Waals surface area contributed by atoms with Crippen molar-refractivity contribution in [1.82, 2.24) is 25.1 Å². The Morgan fingerprint density at radius 3 is 2.75 bits per heavy atom. The maximum Gasteiger partial charge on any atom is 0.230 e. The number of aromatic nitrogens is 4. The van der Waals surface area contributed by atoms with Gasteiger partial charge in [-0.1, -0.05) is 36.4 Å². The van der Waals surface area contributed by atoms with Crippen LogP contribution in [0.15, 0.2) is 47.9 Å². The number of carbonyl (C=O) groups excluding carboxylic acids is 1. The first kappa shape index (κ1) is 20.1. The molecule has 0 spiro atoms. The van der Waals surface area contributed by atoms with Crippen molar-refractivity contribution in [2.75, 3.05) is 5.75 Å². The lowest BCUT2D eigenvalue weighted by Crippen LogP contribution is -2.33. The average molecular weight is 396 g/mol. The van der Waals surface area contributed by atoms with Crippen LogP contribution in [0.5, 0.6) is 0 Å². The van der Waals surface area contributed by atoms with E-state index in [2.05, 4.69) is 59.5 Å². The van der Waals surface area contributed by atoms with Gasteiger partial charge in [0.15, 0.2) is 11.0 Å². The molecule has 28 heavy (non-hydrogen) atoms. The van der Waals surface area contributed by atoms with Gasteiger partial charge in [-0.25, -0.2) is 0 Å². The summed E-state index contributed by atoms with van der Waals surface area (Å²) in [5, 5.41) is 12.4. The maximum absolute atomic E-state index is 12.2. The van der Waals surface area contributed by atoms with Gasteiger partial charge in [0.05, 0.1) is 11.4 Å². The average Bonchev–Trinajstić information content (AvgIpc) is 3.10. The molecule has 1 N–H and O–H groups in total. The number of carbonyl (C=O) groups is 1. The summed E-state index contributed by atoms with van der Waals surface area (Å²) in [5.74, 6) is 1.00. The van der Waals surface area contributed by atoms with E-state index < -0.39 is 0 Å². The van der Waals surface area contributed by atoms with Crippen molar-refractivity contribution in [2.24, 2.45) is 0 Å². The summed E-state index contributed by atoms with van der Waals surface area (Å²) in [6.07, 6.45) is 4.41. The van der Waals surface area contributed by atoms with E-state index in [4.69, 9.17) is 0 Å². The molecule has 1 atom stereocenters. The summed E-state index contributed by atoms with van der Waals surface area (Å²) in [6.45, 7) is 8.19. The minimum Gasteiger partial charge on any atom is -0.353 e. The van der Waals surface area contributed by atoms with Gasteiger partial charge in [0, 0.05) is 24.0 Å². The van der Waals surface area contributed by atoms with Crippen LogP contribution in [0.1, 0.15) is 31.4 Å². The molecule has 0 saturated carbocycles. The van der Waals surface area contributed by atoms with Crippen LogP contribution in [-0.4, -0.2) is 37.5 Å². The molecule has 0 aliphatic heterocycles. The lowest BCUT2D eigenvalue weighted by molar-refractivity contribution is -0.119. The molecule has 2 aromatic heterocycles. The largest absolute Gasteiger partial charge is 0.353 e. The molecule has 146 valence electrons. The molecule has 3 aromatic rings. The van der Waals surface area contributed by atoms with E-state index in [0.717, 1.165) is 23.2 Å². The highest BCUT2D eigenvalue weighted by atomic mass is 32.2. The molecule has 6 nitrogen and oxygen atoms in total. The van der Waals surface area contributed by atoms with Crippen LogP contribution in [0.4, 0.5) is 0 Å². The topological polar surface area (TPSA) is 72.7 Å². The van der Waals surface area contributed by atoms with Crippen LogP contribution in [0.3, 0.4) is 0 Å². The number of pyridine rings is 1. The Bertz CT molecular complexity index is 955. The number of thioether (sulfide) groups is 1. The van der Waals surface area contributed by atoms with Crippen LogP contribution in [0.25, 0.3) is 17.1 Å². The molecule has 1 aromatic carbocycles. The number of hydrogen-bond acceptors (Lipinski definition) is 5. The highest BCUT2D eigenvalue weighted by molar-refractivity contribution is 7.99. The van der Waals surface area contributed by atoms with Crippen molar-refractivity contribution in [3.63, 3.8) is 0 Å². The van der Waals surface area contributed by atoms with Gasteiger partial charge in [0.2, 0.25) is 5.91 Å². The summed E-state index contributed by atoms with van der Waals surface area (Å²) in [4.78, 5) is 16.4. The van der Waals surface area contributed by atoms with Gasteiger partial charge < -0.3 is 5.32 Å². The van der Waals surface area contributed by atoms with Gasteiger partial charge in [0.25, 0.3) is 0 Å². The Hall–Kier alpha value is -2.67. The number of aryl methyl sites for hydroxylation is 2. The van der Waals surface area contributed by atoms with Crippen molar-refractivity contribution in [3.8, 4) is 17.1 Å². The van der Waals surface area contributed by atoms with Gasteiger partial charge in [-0.15, -0.1) is 10.2 Å². The second kappa shape index (κ2) is 9.01. The highest BCUT2D eigenvalue weighted by Gasteiger charge is 2.19. The van der Waals surface area contributed by atoms with Crippen molar-refractivity contribution in [2.45, 2.75) is 45.3 Å². The fourth-order valence-corrected chi connectivity index (χ4v) is 3.62. The Balaban J connectivity index is 1.97. The van der Waals surface area contributed by atoms with Crippen LogP contribution in [0, 0.1) is 13.8 Å². The number of hydrogen-bond donors (Lipinski definition) is 1. The normalized spacial score (nSPS) is 12.0. The second-order valence-electron chi connectivity index (χ2n) is 6.84. The molecule has 0 bridgehead atoms. The molecule has 0 saturated heterocycles. The van der Waals surface area contributed by atoms with Crippen molar-refractivity contribution < 1.29 is 4.79 Å². The molecule has 1 amide bonds. The molecule has 0 aliphatic rings. The molecular formula is C21H25N5OS. The number of benzene rings is 1. The molecule has 0 unspecified atom stereocenters. The summed E-state index contributed by atoms with van der Waals surface area (Å²) < 4.78 is 2.01. The third-order valence-electron chi connectivity index (χ3n) is 4.50. The lowest BCUT2D eigenvalue weighted by atomic mass is 10.1. The highest BCUT2D eigenvalue weighted by Crippen LogP contribution is 2.29. The number of amides is 1. The van der Waals surface area contributed by atoms with E-state index >= 15 is 0 Å². The van der Waals surface area contributed by atoms with E-state index in [1.165, 1.54) is 17.3 Å². The third kappa shape index (κ3) is 4.59. The van der Waals surface area contributed by atoms with Gasteiger partial charge in [-0.2, -0.15) is 0 Å². The molecular weight excluding hydrogens is 370 g/mol. The molecule has 0 radical (unpaired) electrons. The zero-order chi connectivity index (χ0) is 20.1. The predicted octanol–water partition coefficient (Wildman–Crippen LogP) is 3.95.